The van der Waals surface area contributed by atoms with E-state index >= 15 is 0 Å². The van der Waals surface area contributed by atoms with Crippen LogP contribution < -0.4 is 9.47 Å². The summed E-state index contributed by atoms with van der Waals surface area (Å²) in [4.78, 5) is 30.8. The molecule has 8 heteroatoms. The van der Waals surface area contributed by atoms with Gasteiger partial charge in [0, 0.05) is 31.7 Å². The van der Waals surface area contributed by atoms with Crippen LogP contribution in [0.15, 0.2) is 48.0 Å². The number of carbonyl (C=O) groups excluding carboxylic acids is 2. The molecule has 1 amide bonds. The fourth-order valence-electron chi connectivity index (χ4n) is 5.41. The highest BCUT2D eigenvalue weighted by Crippen LogP contribution is 2.40. The fraction of sp³-hybridized carbons (Fsp3) is 0.529. The van der Waals surface area contributed by atoms with Crippen LogP contribution in [0.4, 0.5) is 0 Å². The molecule has 2 aliphatic rings. The predicted molar refractivity (Wildman–Crippen MR) is 164 cm³/mol. The molecule has 0 aromatic heterocycles. The van der Waals surface area contributed by atoms with Gasteiger partial charge in [0.1, 0.15) is 17.3 Å². The van der Waals surface area contributed by atoms with Gasteiger partial charge in [-0.25, -0.2) is 0 Å². The van der Waals surface area contributed by atoms with Crippen LogP contribution in [-0.4, -0.2) is 79.2 Å². The number of ketones is 1. The molecule has 4 rings (SSSR count). The van der Waals surface area contributed by atoms with Gasteiger partial charge in [-0.1, -0.05) is 45.7 Å². The third kappa shape index (κ3) is 7.92. The minimum Gasteiger partial charge on any atom is -0.507 e. The summed E-state index contributed by atoms with van der Waals surface area (Å²) in [5.74, 6) is 0.428. The molecule has 2 aromatic rings. The zero-order valence-electron chi connectivity index (χ0n) is 25.6. The molecule has 1 N–H and O–H groups in total. The molecule has 2 saturated heterocycles. The third-order valence-corrected chi connectivity index (χ3v) is 7.75. The maximum atomic E-state index is 13.5. The Bertz CT molecular complexity index is 1230. The standard InChI is InChI=1S/C34H46N2O6/c1-5-6-7-19-41-28-12-9-26(10-13-28)31-30(32(37)27-11-14-29(25(4)22-27)42-23-24(2)3)33(38)34(39)36(31)16-8-15-35-17-20-40-21-18-35/h9-14,22,24,31,37H,5-8,15-21,23H2,1-4H3/b32-30+. The maximum Gasteiger partial charge on any atom is 0.295 e. The van der Waals surface area contributed by atoms with Crippen molar-refractivity contribution >= 4 is 17.4 Å². The van der Waals surface area contributed by atoms with Gasteiger partial charge in [0.15, 0.2) is 0 Å². The number of carbonyl (C=O) groups is 2. The van der Waals surface area contributed by atoms with Gasteiger partial charge in [-0.05, 0) is 67.1 Å². The van der Waals surface area contributed by atoms with Crippen molar-refractivity contribution in [1.82, 2.24) is 9.80 Å². The number of unbranched alkanes of at least 4 members (excludes halogenated alkanes) is 2. The van der Waals surface area contributed by atoms with E-state index in [1.165, 1.54) is 0 Å². The van der Waals surface area contributed by atoms with Crippen LogP contribution in [0.5, 0.6) is 11.5 Å². The summed E-state index contributed by atoms with van der Waals surface area (Å²) in [5, 5.41) is 11.5. The first kappa shape index (κ1) is 31.6. The Morgan fingerprint density at radius 1 is 1.00 bits per heavy atom. The summed E-state index contributed by atoms with van der Waals surface area (Å²) in [6.45, 7) is 13.8. The summed E-state index contributed by atoms with van der Waals surface area (Å²) >= 11 is 0. The maximum absolute atomic E-state index is 13.5. The van der Waals surface area contributed by atoms with E-state index in [0.717, 1.165) is 61.5 Å². The van der Waals surface area contributed by atoms with Crippen molar-refractivity contribution in [3.8, 4) is 11.5 Å². The quantitative estimate of drug-likeness (QED) is 0.132. The molecule has 1 unspecified atom stereocenters. The number of hydrogen-bond donors (Lipinski definition) is 1. The van der Waals surface area contributed by atoms with Crippen molar-refractivity contribution in [1.29, 1.82) is 0 Å². The number of Topliss-reactive ketones (excluding diaryl/α,β-unsaturated/α-hetero) is 1. The number of aliphatic hydroxyl groups is 1. The zero-order chi connectivity index (χ0) is 30.1. The van der Waals surface area contributed by atoms with E-state index in [0.29, 0.717) is 50.9 Å². The Hall–Kier alpha value is -3.36. The van der Waals surface area contributed by atoms with E-state index in [-0.39, 0.29) is 11.3 Å². The molecular formula is C34H46N2O6. The summed E-state index contributed by atoms with van der Waals surface area (Å²) in [5.41, 5.74) is 2.20. The molecule has 228 valence electrons. The zero-order valence-corrected chi connectivity index (χ0v) is 25.6. The number of aliphatic hydroxyl groups excluding tert-OH is 1. The number of rotatable bonds is 14. The van der Waals surface area contributed by atoms with Crippen LogP contribution >= 0.6 is 0 Å². The highest BCUT2D eigenvalue weighted by Gasteiger charge is 2.45. The Morgan fingerprint density at radius 2 is 1.74 bits per heavy atom. The van der Waals surface area contributed by atoms with Crippen molar-refractivity contribution in [2.24, 2.45) is 5.92 Å². The number of amides is 1. The van der Waals surface area contributed by atoms with Crippen LogP contribution in [0.2, 0.25) is 0 Å². The number of nitrogens with zero attached hydrogens (tertiary/aromatic N) is 2. The first-order valence-corrected chi connectivity index (χ1v) is 15.3. The van der Waals surface area contributed by atoms with Crippen LogP contribution in [-0.2, 0) is 14.3 Å². The van der Waals surface area contributed by atoms with Crippen LogP contribution in [0, 0.1) is 12.8 Å². The van der Waals surface area contributed by atoms with Crippen molar-refractivity contribution in [2.45, 2.75) is 59.4 Å². The lowest BCUT2D eigenvalue weighted by atomic mass is 9.94. The van der Waals surface area contributed by atoms with E-state index < -0.39 is 17.7 Å². The summed E-state index contributed by atoms with van der Waals surface area (Å²) in [7, 11) is 0. The molecule has 42 heavy (non-hydrogen) atoms. The van der Waals surface area contributed by atoms with Crippen molar-refractivity contribution < 1.29 is 28.9 Å². The SMILES string of the molecule is CCCCCOc1ccc(C2/C(=C(\O)c3ccc(OCC(C)C)c(C)c3)C(=O)C(=O)N2CCCN2CCOCC2)cc1. The number of likely N-dealkylation sites (tertiary alicyclic amines) is 1. The Kier molecular flexibility index (Phi) is 11.4. The Labute approximate surface area is 250 Å². The Balaban J connectivity index is 1.62. The molecule has 2 fully saturated rings. The van der Waals surface area contributed by atoms with Crippen LogP contribution in [0.3, 0.4) is 0 Å². The molecule has 0 bridgehead atoms. The number of benzene rings is 2. The third-order valence-electron chi connectivity index (χ3n) is 7.75. The predicted octanol–water partition coefficient (Wildman–Crippen LogP) is 5.74. The lowest BCUT2D eigenvalue weighted by Gasteiger charge is -2.29. The molecule has 1 atom stereocenters. The molecular weight excluding hydrogens is 532 g/mol. The second-order valence-corrected chi connectivity index (χ2v) is 11.6. The molecule has 0 radical (unpaired) electrons. The number of hydrogen-bond acceptors (Lipinski definition) is 7. The monoisotopic (exact) mass is 578 g/mol. The van der Waals surface area contributed by atoms with Gasteiger partial charge in [-0.15, -0.1) is 0 Å². The molecule has 2 heterocycles. The Morgan fingerprint density at radius 3 is 2.40 bits per heavy atom. The smallest absolute Gasteiger partial charge is 0.295 e. The minimum atomic E-state index is -0.694. The first-order chi connectivity index (χ1) is 20.3. The van der Waals surface area contributed by atoms with E-state index in [9.17, 15) is 14.7 Å². The molecule has 0 spiro atoms. The average molecular weight is 579 g/mol. The summed E-state index contributed by atoms with van der Waals surface area (Å²) in [6.07, 6.45) is 3.94. The van der Waals surface area contributed by atoms with Gasteiger partial charge in [0.25, 0.3) is 11.7 Å². The minimum absolute atomic E-state index is 0.109. The molecule has 0 saturated carbocycles. The van der Waals surface area contributed by atoms with Crippen LogP contribution in [0.1, 0.15) is 69.2 Å². The second-order valence-electron chi connectivity index (χ2n) is 11.6. The lowest BCUT2D eigenvalue weighted by molar-refractivity contribution is -0.140. The van der Waals surface area contributed by atoms with Crippen molar-refractivity contribution in [2.75, 3.05) is 52.6 Å². The largest absolute Gasteiger partial charge is 0.507 e. The average Bonchev–Trinajstić information content (AvgIpc) is 3.24. The highest BCUT2D eigenvalue weighted by atomic mass is 16.5. The van der Waals surface area contributed by atoms with Crippen molar-refractivity contribution in [3.63, 3.8) is 0 Å². The van der Waals surface area contributed by atoms with Gasteiger partial charge in [0.2, 0.25) is 0 Å². The van der Waals surface area contributed by atoms with Gasteiger partial charge in [-0.2, -0.15) is 0 Å². The van der Waals surface area contributed by atoms with E-state index in [1.54, 1.807) is 17.0 Å². The van der Waals surface area contributed by atoms with Gasteiger partial charge in [0.05, 0.1) is 38.0 Å². The second kappa shape index (κ2) is 15.2. The lowest BCUT2D eigenvalue weighted by Crippen LogP contribution is -2.38. The summed E-state index contributed by atoms with van der Waals surface area (Å²) < 4.78 is 17.2. The highest BCUT2D eigenvalue weighted by molar-refractivity contribution is 6.46. The molecule has 8 nitrogen and oxygen atoms in total. The first-order valence-electron chi connectivity index (χ1n) is 15.3. The van der Waals surface area contributed by atoms with E-state index in [1.807, 2.05) is 37.3 Å². The molecule has 2 aromatic carbocycles. The number of aryl methyl sites for hydroxylation is 1. The van der Waals surface area contributed by atoms with E-state index in [2.05, 4.69) is 25.7 Å². The topological polar surface area (TPSA) is 88.5 Å². The number of morpholine rings is 1. The van der Waals surface area contributed by atoms with Crippen molar-refractivity contribution in [3.05, 3.63) is 64.7 Å². The van der Waals surface area contributed by atoms with Gasteiger partial charge >= 0.3 is 0 Å². The molecule has 2 aliphatic heterocycles. The van der Waals surface area contributed by atoms with Gasteiger partial charge in [-0.3, -0.25) is 14.5 Å². The van der Waals surface area contributed by atoms with E-state index in [4.69, 9.17) is 14.2 Å². The van der Waals surface area contributed by atoms with Crippen LogP contribution in [0.25, 0.3) is 5.76 Å². The summed E-state index contributed by atoms with van der Waals surface area (Å²) in [6, 6.07) is 12.2. The normalized spacial score (nSPS) is 19.1. The molecule has 0 aliphatic carbocycles. The van der Waals surface area contributed by atoms with Gasteiger partial charge < -0.3 is 24.2 Å². The number of ether oxygens (including phenoxy) is 3. The fourth-order valence-corrected chi connectivity index (χ4v) is 5.41.